The minimum absolute atomic E-state index is 0.0997. The Hall–Kier alpha value is -1.62. The van der Waals surface area contributed by atoms with E-state index in [1.54, 1.807) is 13.2 Å². The van der Waals surface area contributed by atoms with Crippen molar-refractivity contribution in [2.75, 3.05) is 19.0 Å². The summed E-state index contributed by atoms with van der Waals surface area (Å²) in [6, 6.07) is 4.95. The Morgan fingerprint density at radius 1 is 1.41 bits per heavy atom. The van der Waals surface area contributed by atoms with E-state index in [2.05, 4.69) is 5.32 Å². The highest BCUT2D eigenvalue weighted by molar-refractivity contribution is 5.53. The van der Waals surface area contributed by atoms with Gasteiger partial charge >= 0.3 is 0 Å². The van der Waals surface area contributed by atoms with Gasteiger partial charge in [-0.15, -0.1) is 0 Å². The number of hydrogen-bond acceptors (Lipinski definition) is 4. The average Bonchev–Trinajstić information content (AvgIpc) is 2.26. The molecular weight excluding hydrogens is 220 g/mol. The maximum Gasteiger partial charge on any atom is 0.271 e. The molecular formula is C12H18N2O3. The molecule has 0 amide bonds. The molecule has 0 aliphatic rings. The lowest BCUT2D eigenvalue weighted by atomic mass is 10.1. The molecule has 1 rings (SSSR count). The smallest absolute Gasteiger partial charge is 0.271 e. The van der Waals surface area contributed by atoms with Gasteiger partial charge in [0.2, 0.25) is 0 Å². The molecule has 0 radical (unpaired) electrons. The highest BCUT2D eigenvalue weighted by Crippen LogP contribution is 2.21. The third-order valence-electron chi connectivity index (χ3n) is 2.54. The summed E-state index contributed by atoms with van der Waals surface area (Å²) < 4.78 is 5.27. The molecule has 0 fully saturated rings. The maximum atomic E-state index is 10.7. The van der Waals surface area contributed by atoms with Crippen LogP contribution in [0.4, 0.5) is 11.4 Å². The van der Waals surface area contributed by atoms with Gasteiger partial charge in [0.15, 0.2) is 0 Å². The minimum atomic E-state index is -0.389. The Morgan fingerprint density at radius 2 is 2.06 bits per heavy atom. The number of benzene rings is 1. The largest absolute Gasteiger partial charge is 0.382 e. The van der Waals surface area contributed by atoms with Crippen molar-refractivity contribution in [2.24, 2.45) is 0 Å². The Labute approximate surface area is 101 Å². The van der Waals surface area contributed by atoms with Crippen LogP contribution in [0.5, 0.6) is 0 Å². The zero-order chi connectivity index (χ0) is 13.1. The third-order valence-corrected chi connectivity index (χ3v) is 2.54. The number of aryl methyl sites for hydroxylation is 1. The lowest BCUT2D eigenvalue weighted by molar-refractivity contribution is -0.384. The number of methoxy groups -OCH3 is 1. The molecule has 5 nitrogen and oxygen atoms in total. The van der Waals surface area contributed by atoms with E-state index in [0.29, 0.717) is 6.54 Å². The zero-order valence-corrected chi connectivity index (χ0v) is 10.6. The molecule has 5 heteroatoms. The quantitative estimate of drug-likeness (QED) is 0.632. The van der Waals surface area contributed by atoms with Crippen molar-refractivity contribution in [1.82, 2.24) is 0 Å². The van der Waals surface area contributed by atoms with Crippen LogP contribution < -0.4 is 5.32 Å². The molecule has 0 heterocycles. The third kappa shape index (κ3) is 4.03. The molecule has 1 aromatic rings. The normalized spacial score (nSPS) is 11.3. The van der Waals surface area contributed by atoms with Crippen LogP contribution in [-0.4, -0.2) is 24.2 Å². The number of nitro benzene ring substituents is 1. The molecule has 0 spiro atoms. The van der Waals surface area contributed by atoms with Crippen molar-refractivity contribution in [3.05, 3.63) is 33.9 Å². The van der Waals surface area contributed by atoms with Crippen molar-refractivity contribution in [3.8, 4) is 0 Å². The molecule has 0 saturated heterocycles. The molecule has 0 aliphatic carbocycles. The van der Waals surface area contributed by atoms with Gasteiger partial charge in [0.05, 0.1) is 10.5 Å². The second-order valence-corrected chi connectivity index (χ2v) is 4.63. The summed E-state index contributed by atoms with van der Waals surface area (Å²) in [4.78, 5) is 10.3. The van der Waals surface area contributed by atoms with Gasteiger partial charge in [0.1, 0.15) is 0 Å². The number of nitrogens with zero attached hydrogens (tertiary/aromatic N) is 1. The van der Waals surface area contributed by atoms with E-state index in [9.17, 15) is 10.1 Å². The summed E-state index contributed by atoms with van der Waals surface area (Å²) in [5, 5.41) is 13.9. The molecule has 0 saturated carbocycles. The fourth-order valence-corrected chi connectivity index (χ4v) is 1.36. The molecule has 17 heavy (non-hydrogen) atoms. The number of hydrogen-bond donors (Lipinski definition) is 1. The molecule has 0 bridgehead atoms. The number of non-ortho nitro benzene ring substituents is 1. The lowest BCUT2D eigenvalue weighted by Crippen LogP contribution is -2.32. The summed E-state index contributed by atoms with van der Waals surface area (Å²) in [5.41, 5.74) is 1.39. The number of ether oxygens (including phenoxy) is 1. The highest BCUT2D eigenvalue weighted by Gasteiger charge is 2.16. The number of anilines is 1. The first-order valence-corrected chi connectivity index (χ1v) is 5.39. The fraction of sp³-hybridized carbons (Fsp3) is 0.500. The van der Waals surface area contributed by atoms with Crippen molar-refractivity contribution >= 4 is 11.4 Å². The standard InChI is InChI=1S/C12H18N2O3/c1-9-5-10(7-11(6-9)14(15)16)13-8-12(2,3)17-4/h5-7,13H,8H2,1-4H3. The van der Waals surface area contributed by atoms with Gasteiger partial charge in [-0.3, -0.25) is 10.1 Å². The molecule has 1 aromatic carbocycles. The van der Waals surface area contributed by atoms with Gasteiger partial charge in [0.25, 0.3) is 5.69 Å². The van der Waals surface area contributed by atoms with Gasteiger partial charge in [-0.25, -0.2) is 0 Å². The van der Waals surface area contributed by atoms with Gasteiger partial charge in [-0.1, -0.05) is 0 Å². The Balaban J connectivity index is 2.81. The van der Waals surface area contributed by atoms with E-state index in [1.807, 2.05) is 26.8 Å². The number of nitro groups is 1. The molecule has 94 valence electrons. The first-order valence-electron chi connectivity index (χ1n) is 5.39. The van der Waals surface area contributed by atoms with E-state index in [-0.39, 0.29) is 16.2 Å². The minimum Gasteiger partial charge on any atom is -0.382 e. The average molecular weight is 238 g/mol. The predicted octanol–water partition coefficient (Wildman–Crippen LogP) is 2.74. The maximum absolute atomic E-state index is 10.7. The van der Waals surface area contributed by atoms with Crippen molar-refractivity contribution < 1.29 is 9.66 Å². The van der Waals surface area contributed by atoms with Gasteiger partial charge in [0, 0.05) is 31.5 Å². The van der Waals surface area contributed by atoms with Gasteiger partial charge in [-0.2, -0.15) is 0 Å². The van der Waals surface area contributed by atoms with Crippen LogP contribution in [0, 0.1) is 17.0 Å². The second kappa shape index (κ2) is 5.14. The number of nitrogens with one attached hydrogen (secondary N) is 1. The number of rotatable bonds is 5. The molecule has 0 aromatic heterocycles. The van der Waals surface area contributed by atoms with Crippen LogP contribution >= 0.6 is 0 Å². The van der Waals surface area contributed by atoms with Crippen LogP contribution in [0.3, 0.4) is 0 Å². The van der Waals surface area contributed by atoms with Gasteiger partial charge < -0.3 is 10.1 Å². The molecule has 0 aliphatic heterocycles. The Kier molecular flexibility index (Phi) is 4.07. The second-order valence-electron chi connectivity index (χ2n) is 4.63. The summed E-state index contributed by atoms with van der Waals surface area (Å²) in [7, 11) is 1.64. The van der Waals surface area contributed by atoms with Crippen LogP contribution in [-0.2, 0) is 4.74 Å². The summed E-state index contributed by atoms with van der Waals surface area (Å²) >= 11 is 0. The Morgan fingerprint density at radius 3 is 2.59 bits per heavy atom. The van der Waals surface area contributed by atoms with E-state index >= 15 is 0 Å². The SMILES string of the molecule is COC(C)(C)CNc1cc(C)cc([N+](=O)[O-])c1. The van der Waals surface area contributed by atoms with E-state index in [4.69, 9.17) is 4.74 Å². The zero-order valence-electron chi connectivity index (χ0n) is 10.6. The lowest BCUT2D eigenvalue weighted by Gasteiger charge is -2.23. The predicted molar refractivity (Wildman–Crippen MR) is 67.4 cm³/mol. The van der Waals surface area contributed by atoms with Crippen molar-refractivity contribution in [1.29, 1.82) is 0 Å². The topological polar surface area (TPSA) is 64.4 Å². The first kappa shape index (κ1) is 13.4. The first-order chi connectivity index (χ1) is 7.84. The monoisotopic (exact) mass is 238 g/mol. The molecule has 0 atom stereocenters. The molecule has 0 unspecified atom stereocenters. The van der Waals surface area contributed by atoms with Crippen molar-refractivity contribution in [3.63, 3.8) is 0 Å². The van der Waals surface area contributed by atoms with Crippen LogP contribution in [0.15, 0.2) is 18.2 Å². The summed E-state index contributed by atoms with van der Waals surface area (Å²) in [6.07, 6.45) is 0. The van der Waals surface area contributed by atoms with Crippen LogP contribution in [0.1, 0.15) is 19.4 Å². The van der Waals surface area contributed by atoms with E-state index < -0.39 is 0 Å². The van der Waals surface area contributed by atoms with Gasteiger partial charge in [-0.05, 0) is 32.4 Å². The fourth-order valence-electron chi connectivity index (χ4n) is 1.36. The van der Waals surface area contributed by atoms with Crippen LogP contribution in [0.25, 0.3) is 0 Å². The van der Waals surface area contributed by atoms with Crippen LogP contribution in [0.2, 0.25) is 0 Å². The van der Waals surface area contributed by atoms with E-state index in [1.165, 1.54) is 6.07 Å². The summed E-state index contributed by atoms with van der Waals surface area (Å²) in [5.74, 6) is 0. The molecule has 1 N–H and O–H groups in total. The van der Waals surface area contributed by atoms with E-state index in [0.717, 1.165) is 11.3 Å². The summed E-state index contributed by atoms with van der Waals surface area (Å²) in [6.45, 7) is 6.32. The van der Waals surface area contributed by atoms with Crippen molar-refractivity contribution in [2.45, 2.75) is 26.4 Å². The highest BCUT2D eigenvalue weighted by atomic mass is 16.6. The Bertz CT molecular complexity index is 416.